The maximum absolute atomic E-state index is 11.5. The number of hydrogen-bond donors (Lipinski definition) is 1. The molecular weight excluding hydrogens is 290 g/mol. The molecule has 0 spiro atoms. The topological polar surface area (TPSA) is 55.4 Å². The summed E-state index contributed by atoms with van der Waals surface area (Å²) in [5.41, 5.74) is 2.19. The second-order valence-corrected chi connectivity index (χ2v) is 4.75. The Balaban J connectivity index is 1.70. The van der Waals surface area contributed by atoms with E-state index in [0.29, 0.717) is 24.1 Å². The number of aldehydes is 1. The quantitative estimate of drug-likeness (QED) is 0.524. The molecule has 0 atom stereocenters. The van der Waals surface area contributed by atoms with E-state index < -0.39 is 6.09 Å². The summed E-state index contributed by atoms with van der Waals surface area (Å²) >= 11 is 0. The molecular formula is C19H17NO3. The normalized spacial score (nSPS) is 9.39. The Kier molecular flexibility index (Phi) is 6.43. The number of carbonyl (C=O) groups excluding carboxylic acids is 2. The lowest BCUT2D eigenvalue weighted by molar-refractivity contribution is 0.112. The largest absolute Gasteiger partial charge is 0.445 e. The highest BCUT2D eigenvalue weighted by Gasteiger charge is 2.00. The van der Waals surface area contributed by atoms with Gasteiger partial charge in [0.25, 0.3) is 0 Å². The molecule has 0 saturated heterocycles. The van der Waals surface area contributed by atoms with Crippen molar-refractivity contribution in [3.8, 4) is 11.8 Å². The van der Waals surface area contributed by atoms with Crippen LogP contribution in [0, 0.1) is 11.8 Å². The molecule has 0 heterocycles. The number of rotatable bonds is 5. The molecule has 0 unspecified atom stereocenters. The molecule has 0 bridgehead atoms. The van der Waals surface area contributed by atoms with Crippen molar-refractivity contribution in [2.45, 2.75) is 13.0 Å². The van der Waals surface area contributed by atoms with Crippen molar-refractivity contribution in [3.63, 3.8) is 0 Å². The Hall–Kier alpha value is -3.06. The standard InChI is InChI=1S/C19H17NO3/c21-14-18-12-5-4-10-17(18)11-6-7-13-20-19(22)23-15-16-8-2-1-3-9-16/h1-5,8-10,12,14H,7,13,15H2,(H,20,22). The van der Waals surface area contributed by atoms with Crippen LogP contribution in [0.5, 0.6) is 0 Å². The fourth-order valence-electron chi connectivity index (χ4n) is 1.87. The molecule has 1 amide bonds. The summed E-state index contributed by atoms with van der Waals surface area (Å²) < 4.78 is 5.08. The summed E-state index contributed by atoms with van der Waals surface area (Å²) in [6.07, 6.45) is 0.792. The third kappa shape index (κ3) is 5.68. The van der Waals surface area contributed by atoms with Crippen LogP contribution in [-0.2, 0) is 11.3 Å². The van der Waals surface area contributed by atoms with Crippen molar-refractivity contribution in [2.75, 3.05) is 6.54 Å². The minimum absolute atomic E-state index is 0.241. The third-order valence-corrected chi connectivity index (χ3v) is 3.04. The number of ether oxygens (including phenoxy) is 1. The van der Waals surface area contributed by atoms with E-state index in [2.05, 4.69) is 17.2 Å². The molecule has 4 nitrogen and oxygen atoms in total. The Morgan fingerprint density at radius 1 is 1.09 bits per heavy atom. The highest BCUT2D eigenvalue weighted by molar-refractivity contribution is 5.79. The monoisotopic (exact) mass is 307 g/mol. The van der Waals surface area contributed by atoms with Gasteiger partial charge in [0, 0.05) is 24.1 Å². The fourth-order valence-corrected chi connectivity index (χ4v) is 1.87. The summed E-state index contributed by atoms with van der Waals surface area (Å²) in [6, 6.07) is 16.6. The van der Waals surface area contributed by atoms with Crippen molar-refractivity contribution in [1.82, 2.24) is 5.32 Å². The van der Waals surface area contributed by atoms with Crippen molar-refractivity contribution in [1.29, 1.82) is 0 Å². The third-order valence-electron chi connectivity index (χ3n) is 3.04. The van der Waals surface area contributed by atoms with Crippen LogP contribution in [0.15, 0.2) is 54.6 Å². The second-order valence-electron chi connectivity index (χ2n) is 4.75. The van der Waals surface area contributed by atoms with Gasteiger partial charge in [-0.05, 0) is 11.6 Å². The van der Waals surface area contributed by atoms with E-state index in [1.807, 2.05) is 36.4 Å². The zero-order valence-electron chi connectivity index (χ0n) is 12.6. The van der Waals surface area contributed by atoms with Gasteiger partial charge in [-0.15, -0.1) is 0 Å². The molecule has 0 radical (unpaired) electrons. The molecule has 2 rings (SSSR count). The highest BCUT2D eigenvalue weighted by atomic mass is 16.5. The average molecular weight is 307 g/mol. The maximum atomic E-state index is 11.5. The summed E-state index contributed by atoms with van der Waals surface area (Å²) in [5, 5.41) is 2.63. The number of alkyl carbamates (subject to hydrolysis) is 1. The summed E-state index contributed by atoms with van der Waals surface area (Å²) in [4.78, 5) is 22.4. The van der Waals surface area contributed by atoms with Crippen LogP contribution >= 0.6 is 0 Å². The van der Waals surface area contributed by atoms with Crippen LogP contribution < -0.4 is 5.32 Å². The minimum Gasteiger partial charge on any atom is -0.445 e. The van der Waals surface area contributed by atoms with E-state index in [0.717, 1.165) is 11.8 Å². The van der Waals surface area contributed by atoms with Crippen LogP contribution in [0.25, 0.3) is 0 Å². The predicted molar refractivity (Wildman–Crippen MR) is 88.0 cm³/mol. The lowest BCUT2D eigenvalue weighted by Crippen LogP contribution is -2.24. The van der Waals surface area contributed by atoms with Gasteiger partial charge >= 0.3 is 6.09 Å². The first-order valence-electron chi connectivity index (χ1n) is 7.27. The van der Waals surface area contributed by atoms with Crippen molar-refractivity contribution in [2.24, 2.45) is 0 Å². The minimum atomic E-state index is -0.469. The van der Waals surface area contributed by atoms with Crippen molar-refractivity contribution < 1.29 is 14.3 Å². The number of benzene rings is 2. The Labute approximate surface area is 135 Å². The van der Waals surface area contributed by atoms with Gasteiger partial charge < -0.3 is 10.1 Å². The SMILES string of the molecule is O=Cc1ccccc1C#CCCNC(=O)OCc1ccccc1. The second kappa shape index (κ2) is 9.06. The van der Waals surface area contributed by atoms with Gasteiger partial charge in [0.05, 0.1) is 0 Å². The van der Waals surface area contributed by atoms with Crippen molar-refractivity contribution >= 4 is 12.4 Å². The molecule has 116 valence electrons. The summed E-state index contributed by atoms with van der Waals surface area (Å²) in [6.45, 7) is 0.634. The van der Waals surface area contributed by atoms with Crippen LogP contribution in [0.4, 0.5) is 4.79 Å². The van der Waals surface area contributed by atoms with Gasteiger partial charge in [-0.2, -0.15) is 0 Å². The first-order valence-corrected chi connectivity index (χ1v) is 7.27. The molecule has 0 saturated carbocycles. The average Bonchev–Trinajstić information content (AvgIpc) is 2.61. The Morgan fingerprint density at radius 3 is 2.61 bits per heavy atom. The Bertz CT molecular complexity index is 714. The van der Waals surface area contributed by atoms with Gasteiger partial charge in [-0.3, -0.25) is 4.79 Å². The van der Waals surface area contributed by atoms with E-state index in [9.17, 15) is 9.59 Å². The van der Waals surface area contributed by atoms with E-state index in [1.165, 1.54) is 0 Å². The fraction of sp³-hybridized carbons (Fsp3) is 0.158. The smallest absolute Gasteiger partial charge is 0.407 e. The molecule has 2 aromatic rings. The van der Waals surface area contributed by atoms with Crippen molar-refractivity contribution in [3.05, 3.63) is 71.3 Å². The van der Waals surface area contributed by atoms with Gasteiger partial charge in [-0.1, -0.05) is 60.4 Å². The number of nitrogens with one attached hydrogen (secondary N) is 1. The van der Waals surface area contributed by atoms with Gasteiger partial charge in [0.15, 0.2) is 6.29 Å². The number of hydrogen-bond acceptors (Lipinski definition) is 3. The predicted octanol–water partition coefficient (Wildman–Crippen LogP) is 3.17. The van der Waals surface area contributed by atoms with Crippen LogP contribution in [0.2, 0.25) is 0 Å². The van der Waals surface area contributed by atoms with Crippen LogP contribution in [0.1, 0.15) is 27.9 Å². The molecule has 23 heavy (non-hydrogen) atoms. The number of carbonyl (C=O) groups is 2. The lowest BCUT2D eigenvalue weighted by Gasteiger charge is -2.05. The van der Waals surface area contributed by atoms with E-state index in [4.69, 9.17) is 4.74 Å². The van der Waals surface area contributed by atoms with Crippen LogP contribution in [0.3, 0.4) is 0 Å². The first kappa shape index (κ1) is 16.3. The molecule has 0 aromatic heterocycles. The maximum Gasteiger partial charge on any atom is 0.407 e. The van der Waals surface area contributed by atoms with E-state index in [-0.39, 0.29) is 6.61 Å². The Morgan fingerprint density at radius 2 is 1.83 bits per heavy atom. The number of amides is 1. The molecule has 0 fully saturated rings. The van der Waals surface area contributed by atoms with E-state index >= 15 is 0 Å². The van der Waals surface area contributed by atoms with Gasteiger partial charge in [-0.25, -0.2) is 4.79 Å². The lowest BCUT2D eigenvalue weighted by atomic mass is 10.1. The first-order chi connectivity index (χ1) is 11.3. The highest BCUT2D eigenvalue weighted by Crippen LogP contribution is 2.04. The van der Waals surface area contributed by atoms with Gasteiger partial charge in [0.1, 0.15) is 6.61 Å². The molecule has 2 aromatic carbocycles. The summed E-state index contributed by atoms with van der Waals surface area (Å²) in [7, 11) is 0. The van der Waals surface area contributed by atoms with Gasteiger partial charge in [0.2, 0.25) is 0 Å². The molecule has 0 aliphatic rings. The molecule has 0 aliphatic carbocycles. The molecule has 1 N–H and O–H groups in total. The molecule has 0 aliphatic heterocycles. The van der Waals surface area contributed by atoms with Crippen LogP contribution in [-0.4, -0.2) is 18.9 Å². The van der Waals surface area contributed by atoms with E-state index in [1.54, 1.807) is 18.2 Å². The zero-order chi connectivity index (χ0) is 16.3. The molecule has 4 heteroatoms. The summed E-state index contributed by atoms with van der Waals surface area (Å²) in [5.74, 6) is 5.85. The zero-order valence-corrected chi connectivity index (χ0v) is 12.6.